The molecule has 4 aliphatic heterocycles. The van der Waals surface area contributed by atoms with Gasteiger partial charge in [0.1, 0.15) is 12.3 Å². The van der Waals surface area contributed by atoms with Gasteiger partial charge in [0.2, 0.25) is 5.91 Å². The van der Waals surface area contributed by atoms with Gasteiger partial charge in [-0.2, -0.15) is 18.3 Å². The molecule has 1 saturated heterocycles. The van der Waals surface area contributed by atoms with Gasteiger partial charge in [0.05, 0.1) is 43.4 Å². The minimum Gasteiger partial charge on any atom is -0.499 e. The summed E-state index contributed by atoms with van der Waals surface area (Å²) in [7, 11) is 1.64. The molecule has 0 spiro atoms. The van der Waals surface area contributed by atoms with Crippen molar-refractivity contribution in [2.45, 2.75) is 57.9 Å². The lowest BCUT2D eigenvalue weighted by Gasteiger charge is -2.33. The molecule has 0 bridgehead atoms. The van der Waals surface area contributed by atoms with Crippen molar-refractivity contribution >= 4 is 24.0 Å². The zero-order chi connectivity index (χ0) is 22.5. The van der Waals surface area contributed by atoms with Gasteiger partial charge in [-0.15, -0.1) is 0 Å². The van der Waals surface area contributed by atoms with Crippen LogP contribution in [0.15, 0.2) is 26.5 Å². The highest BCUT2D eigenvalue weighted by molar-refractivity contribution is 6.14. The monoisotopic (exact) mass is 439 g/mol. The van der Waals surface area contributed by atoms with E-state index >= 15 is 0 Å². The van der Waals surface area contributed by atoms with E-state index in [0.717, 1.165) is 35.0 Å². The Labute approximate surface area is 179 Å². The van der Waals surface area contributed by atoms with Crippen LogP contribution in [-0.2, 0) is 9.53 Å². The average molecular weight is 439 g/mol. The Morgan fingerprint density at radius 1 is 1.26 bits per heavy atom. The molecule has 31 heavy (non-hydrogen) atoms. The number of rotatable bonds is 4. The largest absolute Gasteiger partial charge is 0.499 e. The number of halogens is 3. The van der Waals surface area contributed by atoms with Gasteiger partial charge in [-0.1, -0.05) is 6.92 Å². The fraction of sp³-hybridized carbons (Fsp3) is 0.714. The topological polar surface area (TPSA) is 69.9 Å². The molecule has 6 atom stereocenters. The summed E-state index contributed by atoms with van der Waals surface area (Å²) in [6, 6.07) is -0.757. The number of aliphatic imine (C=N–C) groups is 2. The first-order valence-electron chi connectivity index (χ1n) is 10.6. The van der Waals surface area contributed by atoms with Crippen LogP contribution in [0.25, 0.3) is 0 Å². The Balaban J connectivity index is 1.52. The third-order valence-electron chi connectivity index (χ3n) is 6.73. The molecule has 0 aromatic heterocycles. The fourth-order valence-corrected chi connectivity index (χ4v) is 5.20. The van der Waals surface area contributed by atoms with Crippen molar-refractivity contribution in [3.05, 3.63) is 11.5 Å². The molecule has 0 aromatic rings. The second-order valence-electron chi connectivity index (χ2n) is 8.89. The molecule has 5 unspecified atom stereocenters. The summed E-state index contributed by atoms with van der Waals surface area (Å²) in [5.74, 6) is 0.658. The van der Waals surface area contributed by atoms with Gasteiger partial charge in [0.15, 0.2) is 0 Å². The highest BCUT2D eigenvalue weighted by atomic mass is 19.4. The highest BCUT2D eigenvalue weighted by Crippen LogP contribution is 2.40. The molecule has 0 saturated carbocycles. The number of alkyl halides is 3. The first kappa shape index (κ1) is 21.8. The maximum absolute atomic E-state index is 13.3. The van der Waals surface area contributed by atoms with Crippen molar-refractivity contribution < 1.29 is 22.7 Å². The number of allylic oxidation sites excluding steroid dienone is 2. The van der Waals surface area contributed by atoms with Gasteiger partial charge in [-0.25, -0.2) is 0 Å². The van der Waals surface area contributed by atoms with Crippen LogP contribution in [0.5, 0.6) is 0 Å². The van der Waals surface area contributed by atoms with Crippen LogP contribution in [-0.4, -0.2) is 78.5 Å². The maximum Gasteiger partial charge on any atom is 0.407 e. The van der Waals surface area contributed by atoms with Crippen molar-refractivity contribution in [2.75, 3.05) is 20.2 Å². The molecule has 1 amide bonds. The van der Waals surface area contributed by atoms with Gasteiger partial charge in [-0.05, 0) is 26.2 Å². The quantitative estimate of drug-likeness (QED) is 0.676. The molecule has 7 nitrogen and oxygen atoms in total. The Kier molecular flexibility index (Phi) is 5.59. The van der Waals surface area contributed by atoms with Crippen molar-refractivity contribution in [2.24, 2.45) is 32.8 Å². The molecule has 10 heteroatoms. The van der Waals surface area contributed by atoms with Crippen LogP contribution >= 0.6 is 0 Å². The van der Waals surface area contributed by atoms with Gasteiger partial charge in [0.25, 0.3) is 0 Å². The van der Waals surface area contributed by atoms with Crippen LogP contribution in [0.2, 0.25) is 0 Å². The highest BCUT2D eigenvalue weighted by Gasteiger charge is 2.51. The molecule has 0 aliphatic carbocycles. The smallest absolute Gasteiger partial charge is 0.407 e. The van der Waals surface area contributed by atoms with Crippen LogP contribution in [0.1, 0.15) is 33.6 Å². The summed E-state index contributed by atoms with van der Waals surface area (Å²) >= 11 is 0. The van der Waals surface area contributed by atoms with E-state index < -0.39 is 18.8 Å². The Hall–Kier alpha value is -2.39. The van der Waals surface area contributed by atoms with E-state index in [1.807, 2.05) is 20.1 Å². The minimum absolute atomic E-state index is 0.00239. The Morgan fingerprint density at radius 3 is 2.68 bits per heavy atom. The van der Waals surface area contributed by atoms with E-state index in [4.69, 9.17) is 9.73 Å². The molecule has 170 valence electrons. The predicted octanol–water partition coefficient (Wildman–Crippen LogP) is 2.88. The third-order valence-corrected chi connectivity index (χ3v) is 6.73. The standard InChI is InChI=1S/C21H28F3N5O2/c1-11-5-16(14-6-17(31-4)12(2)25-7-14)27-19-13(3)29(20(30)18(11)19)15-8-26-28(9-15)10-21(22,23)24/h7-8,11,13-16,18H,5-6,9-10H2,1-4H3/t11?,13-,14?,15?,16?,18?/m0/s1. The molecular weight excluding hydrogens is 411 g/mol. The zero-order valence-electron chi connectivity index (χ0n) is 18.1. The molecule has 4 heterocycles. The summed E-state index contributed by atoms with van der Waals surface area (Å²) in [6.45, 7) is 4.81. The molecule has 0 aromatic carbocycles. The lowest BCUT2D eigenvalue weighted by Crippen LogP contribution is -2.46. The maximum atomic E-state index is 13.3. The van der Waals surface area contributed by atoms with E-state index in [0.29, 0.717) is 0 Å². The van der Waals surface area contributed by atoms with Crippen LogP contribution in [0.3, 0.4) is 0 Å². The van der Waals surface area contributed by atoms with E-state index in [1.165, 1.54) is 6.21 Å². The van der Waals surface area contributed by atoms with Crippen LogP contribution in [0, 0.1) is 17.8 Å². The van der Waals surface area contributed by atoms with Gasteiger partial charge in [0, 0.05) is 30.5 Å². The van der Waals surface area contributed by atoms with Crippen LogP contribution in [0.4, 0.5) is 13.2 Å². The molecule has 0 radical (unpaired) electrons. The number of hydrazone groups is 1. The number of carbonyl (C=O) groups is 1. The number of amides is 1. The first-order chi connectivity index (χ1) is 14.6. The predicted molar refractivity (Wildman–Crippen MR) is 111 cm³/mol. The molecule has 4 rings (SSSR count). The van der Waals surface area contributed by atoms with Gasteiger partial charge in [-0.3, -0.25) is 19.8 Å². The molecule has 4 aliphatic rings. The van der Waals surface area contributed by atoms with E-state index in [1.54, 1.807) is 12.0 Å². The second kappa shape index (κ2) is 7.94. The van der Waals surface area contributed by atoms with Crippen molar-refractivity contribution in [3.8, 4) is 0 Å². The lowest BCUT2D eigenvalue weighted by molar-refractivity contribution is -0.146. The average Bonchev–Trinajstić information content (AvgIpc) is 3.23. The van der Waals surface area contributed by atoms with Crippen molar-refractivity contribution in [3.63, 3.8) is 0 Å². The number of hydrogen-bond donors (Lipinski definition) is 0. The van der Waals surface area contributed by atoms with Crippen molar-refractivity contribution in [1.82, 2.24) is 9.91 Å². The van der Waals surface area contributed by atoms with Crippen LogP contribution < -0.4 is 0 Å². The molecule has 1 fully saturated rings. The summed E-state index contributed by atoms with van der Waals surface area (Å²) in [5.41, 5.74) is 1.70. The number of fused-ring (bicyclic) bond motifs is 1. The summed E-state index contributed by atoms with van der Waals surface area (Å²) < 4.78 is 43.6. The Morgan fingerprint density at radius 2 is 2.00 bits per heavy atom. The van der Waals surface area contributed by atoms with Gasteiger partial charge < -0.3 is 9.64 Å². The van der Waals surface area contributed by atoms with Gasteiger partial charge >= 0.3 is 6.18 Å². The van der Waals surface area contributed by atoms with E-state index in [-0.39, 0.29) is 42.3 Å². The fourth-order valence-electron chi connectivity index (χ4n) is 5.20. The lowest BCUT2D eigenvalue weighted by atomic mass is 9.78. The Bertz CT molecular complexity index is 866. The molecule has 0 N–H and O–H groups in total. The number of carbonyl (C=O) groups excluding carboxylic acids is 1. The van der Waals surface area contributed by atoms with E-state index in [2.05, 4.69) is 17.0 Å². The summed E-state index contributed by atoms with van der Waals surface area (Å²) in [4.78, 5) is 24.4. The number of nitrogens with zero attached hydrogens (tertiary/aromatic N) is 5. The SMILES string of the molecule is COC1=C(C)N=CC(C2CC(C)C3C(=O)N(C4C=NN(CC(F)(F)F)C4)[C@@H](C)C3=N2)C1. The van der Waals surface area contributed by atoms with Crippen molar-refractivity contribution in [1.29, 1.82) is 0 Å². The summed E-state index contributed by atoms with van der Waals surface area (Å²) in [5, 5.41) is 4.86. The number of ether oxygens (including phenoxy) is 1. The number of hydrogen-bond acceptors (Lipinski definition) is 6. The van der Waals surface area contributed by atoms with E-state index in [9.17, 15) is 18.0 Å². The first-order valence-corrected chi connectivity index (χ1v) is 10.6. The number of methoxy groups -OCH3 is 1. The minimum atomic E-state index is -4.33. The zero-order valence-corrected chi connectivity index (χ0v) is 18.1. The molecular formula is C21H28F3N5O2. The normalized spacial score (nSPS) is 35.7. The second-order valence-corrected chi connectivity index (χ2v) is 8.89. The summed E-state index contributed by atoms with van der Waals surface area (Å²) in [6.07, 6.45) is 0.524. The third kappa shape index (κ3) is 4.08. The number of likely N-dealkylation sites (tertiary alicyclic amines) is 1.